The first-order valence-electron chi connectivity index (χ1n) is 4.38. The zero-order chi connectivity index (χ0) is 10.1. The molecule has 2 heteroatoms. The van der Waals surface area contributed by atoms with Crippen molar-refractivity contribution in [1.82, 2.24) is 0 Å². The van der Waals surface area contributed by atoms with Crippen LogP contribution in [0.4, 0.5) is 0 Å². The Bertz CT molecular complexity index is 302. The molecule has 0 saturated carbocycles. The predicted octanol–water partition coefficient (Wildman–Crippen LogP) is 4.06. The average molecular weight is 212 g/mol. The Balaban J connectivity index is 3.01. The molecule has 0 aliphatic rings. The van der Waals surface area contributed by atoms with E-state index in [1.165, 1.54) is 10.4 Å². The van der Waals surface area contributed by atoms with Crippen molar-refractivity contribution in [2.45, 2.75) is 36.8 Å². The van der Waals surface area contributed by atoms with E-state index < -0.39 is 0 Å². The molecule has 72 valence electrons. The molecule has 0 N–H and O–H groups in total. The van der Waals surface area contributed by atoms with Gasteiger partial charge < -0.3 is 0 Å². The maximum absolute atomic E-state index is 4.46. The quantitative estimate of drug-likeness (QED) is 0.554. The van der Waals surface area contributed by atoms with Gasteiger partial charge in [-0.3, -0.25) is 0 Å². The van der Waals surface area contributed by atoms with Crippen LogP contribution in [-0.2, 0) is 11.8 Å². The summed E-state index contributed by atoms with van der Waals surface area (Å²) in [6.07, 6.45) is 2.85. The number of rotatable bonds is 2. The molecule has 0 unspecified atom stereocenters. The second kappa shape index (κ2) is 3.89. The van der Waals surface area contributed by atoms with Crippen molar-refractivity contribution in [3.63, 3.8) is 0 Å². The Morgan fingerprint density at radius 1 is 1.54 bits per heavy atom. The third-order valence-corrected chi connectivity index (χ3v) is 3.86. The van der Waals surface area contributed by atoms with Gasteiger partial charge >= 0.3 is 0 Å². The summed E-state index contributed by atoms with van der Waals surface area (Å²) in [4.78, 5) is 1.40. The number of thiophene rings is 1. The highest BCUT2D eigenvalue weighted by Gasteiger charge is 2.17. The molecule has 1 heterocycles. The van der Waals surface area contributed by atoms with Crippen LogP contribution in [0.15, 0.2) is 22.9 Å². The molecule has 0 bridgehead atoms. The molecule has 0 amide bonds. The summed E-state index contributed by atoms with van der Waals surface area (Å²) in [5.41, 5.74) is 1.54. The summed E-state index contributed by atoms with van der Waals surface area (Å²) >= 11 is 6.23. The first-order valence-corrected chi connectivity index (χ1v) is 5.64. The molecule has 0 nitrogen and oxygen atoms in total. The first kappa shape index (κ1) is 10.9. The van der Waals surface area contributed by atoms with E-state index in [1.807, 2.05) is 6.08 Å². The van der Waals surface area contributed by atoms with Crippen molar-refractivity contribution in [3.05, 3.63) is 29.2 Å². The first-order chi connectivity index (χ1) is 5.95. The zero-order valence-electron chi connectivity index (χ0n) is 8.42. The van der Waals surface area contributed by atoms with E-state index in [1.54, 1.807) is 11.3 Å². The van der Waals surface area contributed by atoms with Crippen molar-refractivity contribution >= 4 is 24.0 Å². The summed E-state index contributed by atoms with van der Waals surface area (Å²) in [6.45, 7) is 10.4. The van der Waals surface area contributed by atoms with Gasteiger partial charge in [-0.25, -0.2) is 0 Å². The molecule has 0 aromatic carbocycles. The van der Waals surface area contributed by atoms with Gasteiger partial charge in [0.2, 0.25) is 0 Å². The van der Waals surface area contributed by atoms with Crippen molar-refractivity contribution in [3.8, 4) is 0 Å². The fourth-order valence-corrected chi connectivity index (χ4v) is 2.53. The van der Waals surface area contributed by atoms with Crippen molar-refractivity contribution < 1.29 is 0 Å². The summed E-state index contributed by atoms with van der Waals surface area (Å²) in [5, 5.41) is 0. The topological polar surface area (TPSA) is 0 Å². The van der Waals surface area contributed by atoms with Gasteiger partial charge in [-0.05, 0) is 23.5 Å². The number of hydrogen-bond donors (Lipinski definition) is 1. The van der Waals surface area contributed by atoms with Crippen molar-refractivity contribution in [2.75, 3.05) is 0 Å². The second-order valence-electron chi connectivity index (χ2n) is 4.18. The lowest BCUT2D eigenvalue weighted by Crippen LogP contribution is -2.07. The fourth-order valence-electron chi connectivity index (χ4n) is 1.09. The van der Waals surface area contributed by atoms with Gasteiger partial charge in [-0.2, -0.15) is 0 Å². The monoisotopic (exact) mass is 212 g/mol. The molecule has 0 aliphatic heterocycles. The van der Waals surface area contributed by atoms with Gasteiger partial charge in [0, 0.05) is 4.88 Å². The molecular weight excluding hydrogens is 196 g/mol. The van der Waals surface area contributed by atoms with Crippen LogP contribution in [0, 0.1) is 0 Å². The maximum Gasteiger partial charge on any atom is 0.0606 e. The lowest BCUT2D eigenvalue weighted by molar-refractivity contribution is 0.603. The van der Waals surface area contributed by atoms with Gasteiger partial charge in [-0.15, -0.1) is 30.5 Å². The lowest BCUT2D eigenvalue weighted by atomic mass is 9.94. The standard InChI is InChI=1S/C11H16S2/c1-5-6-8-7-9(11(2,3)4)13-10(8)12/h5,7,12H,1,6H2,2-4H3. The van der Waals surface area contributed by atoms with Crippen LogP contribution in [0.5, 0.6) is 0 Å². The molecule has 1 aromatic heterocycles. The Morgan fingerprint density at radius 3 is 2.54 bits per heavy atom. The molecule has 1 rings (SSSR count). The van der Waals surface area contributed by atoms with Crippen LogP contribution in [0.2, 0.25) is 0 Å². The van der Waals surface area contributed by atoms with Gasteiger partial charge in [0.15, 0.2) is 0 Å². The highest BCUT2D eigenvalue weighted by atomic mass is 32.2. The van der Waals surface area contributed by atoms with Crippen molar-refractivity contribution in [2.24, 2.45) is 0 Å². The SMILES string of the molecule is C=CCc1cc(C(C)(C)C)sc1S. The molecule has 13 heavy (non-hydrogen) atoms. The highest BCUT2D eigenvalue weighted by Crippen LogP contribution is 2.34. The highest BCUT2D eigenvalue weighted by molar-refractivity contribution is 7.83. The van der Waals surface area contributed by atoms with Gasteiger partial charge in [0.05, 0.1) is 4.21 Å². The van der Waals surface area contributed by atoms with Gasteiger partial charge in [-0.1, -0.05) is 26.8 Å². The summed E-state index contributed by atoms with van der Waals surface area (Å²) < 4.78 is 1.13. The zero-order valence-corrected chi connectivity index (χ0v) is 10.1. The smallest absolute Gasteiger partial charge is 0.0606 e. The Labute approximate surface area is 90.1 Å². The van der Waals surface area contributed by atoms with Gasteiger partial charge in [0.1, 0.15) is 0 Å². The number of hydrogen-bond acceptors (Lipinski definition) is 2. The molecule has 0 atom stereocenters. The normalized spacial score (nSPS) is 11.7. The maximum atomic E-state index is 4.46. The molecule has 0 spiro atoms. The van der Waals surface area contributed by atoms with Crippen LogP contribution in [0.1, 0.15) is 31.2 Å². The van der Waals surface area contributed by atoms with E-state index in [4.69, 9.17) is 0 Å². The molecule has 0 fully saturated rings. The number of thiol groups is 1. The summed E-state index contributed by atoms with van der Waals surface area (Å²) in [6, 6.07) is 2.24. The lowest BCUT2D eigenvalue weighted by Gasteiger charge is -2.15. The van der Waals surface area contributed by atoms with E-state index in [2.05, 4.69) is 46.0 Å². The predicted molar refractivity (Wildman–Crippen MR) is 64.2 cm³/mol. The van der Waals surface area contributed by atoms with Crippen LogP contribution in [0.3, 0.4) is 0 Å². The van der Waals surface area contributed by atoms with E-state index in [0.29, 0.717) is 0 Å². The number of allylic oxidation sites excluding steroid dienone is 1. The molecule has 0 saturated heterocycles. The van der Waals surface area contributed by atoms with Crippen LogP contribution in [-0.4, -0.2) is 0 Å². The fraction of sp³-hybridized carbons (Fsp3) is 0.455. The Morgan fingerprint density at radius 2 is 2.15 bits per heavy atom. The van der Waals surface area contributed by atoms with E-state index in [-0.39, 0.29) is 5.41 Å². The van der Waals surface area contributed by atoms with E-state index in [9.17, 15) is 0 Å². The molecular formula is C11H16S2. The van der Waals surface area contributed by atoms with Crippen molar-refractivity contribution in [1.29, 1.82) is 0 Å². The van der Waals surface area contributed by atoms with Crippen LogP contribution >= 0.6 is 24.0 Å². The van der Waals surface area contributed by atoms with E-state index in [0.717, 1.165) is 10.6 Å². The minimum absolute atomic E-state index is 0.238. The van der Waals surface area contributed by atoms with Crippen LogP contribution < -0.4 is 0 Å². The van der Waals surface area contributed by atoms with Crippen LogP contribution in [0.25, 0.3) is 0 Å². The molecule has 0 radical (unpaired) electrons. The molecule has 1 aromatic rings. The average Bonchev–Trinajstić information content (AvgIpc) is 2.32. The van der Waals surface area contributed by atoms with Gasteiger partial charge in [0.25, 0.3) is 0 Å². The largest absolute Gasteiger partial charge is 0.133 e. The van der Waals surface area contributed by atoms with E-state index >= 15 is 0 Å². The summed E-state index contributed by atoms with van der Waals surface area (Å²) in [7, 11) is 0. The summed E-state index contributed by atoms with van der Waals surface area (Å²) in [5.74, 6) is 0. The minimum Gasteiger partial charge on any atom is -0.133 e. The second-order valence-corrected chi connectivity index (χ2v) is 5.99. The Kier molecular flexibility index (Phi) is 3.25. The minimum atomic E-state index is 0.238. The third kappa shape index (κ3) is 2.61. The Hall–Kier alpha value is -0.210. The molecule has 0 aliphatic carbocycles. The third-order valence-electron chi connectivity index (χ3n) is 1.89.